The van der Waals surface area contributed by atoms with E-state index < -0.39 is 12.1 Å². The van der Waals surface area contributed by atoms with Crippen molar-refractivity contribution in [2.75, 3.05) is 0 Å². The number of nitrogens with zero attached hydrogens (tertiary/aromatic N) is 1. The van der Waals surface area contributed by atoms with E-state index in [1.165, 1.54) is 24.3 Å². The van der Waals surface area contributed by atoms with E-state index in [9.17, 15) is 18.0 Å². The van der Waals surface area contributed by atoms with Crippen LogP contribution >= 0.6 is 34.8 Å². The van der Waals surface area contributed by atoms with Crippen LogP contribution < -0.4 is 5.32 Å². The highest BCUT2D eigenvalue weighted by Gasteiger charge is 2.39. The molecule has 1 atom stereocenters. The lowest BCUT2D eigenvalue weighted by molar-refractivity contribution is -0.139. The summed E-state index contributed by atoms with van der Waals surface area (Å²) in [5, 5.41) is 3.39. The number of halogens is 6. The molecule has 0 radical (unpaired) electrons. The first-order valence-corrected chi connectivity index (χ1v) is 10.9. The van der Waals surface area contributed by atoms with Crippen LogP contribution in [0.1, 0.15) is 38.5 Å². The molecule has 0 spiro atoms. The van der Waals surface area contributed by atoms with Crippen LogP contribution in [0.5, 0.6) is 0 Å². The molecule has 0 saturated carbocycles. The Hall–Kier alpha value is -2.54. The second-order valence-electron chi connectivity index (χ2n) is 7.33. The van der Waals surface area contributed by atoms with E-state index in [1.54, 1.807) is 43.5 Å². The molecule has 9 heteroatoms. The minimum Gasteiger partial charge on any atom is -0.348 e. The molecule has 1 unspecified atom stereocenters. The number of allylic oxidation sites excluding steroid dienone is 1. The number of pyridine rings is 1. The van der Waals surface area contributed by atoms with E-state index in [2.05, 4.69) is 10.3 Å². The highest BCUT2D eigenvalue weighted by molar-refractivity contribution is 6.34. The molecule has 3 nitrogen and oxygen atoms in total. The van der Waals surface area contributed by atoms with Crippen LogP contribution in [0.25, 0.3) is 6.08 Å². The third-order valence-electron chi connectivity index (χ3n) is 4.81. The van der Waals surface area contributed by atoms with Crippen molar-refractivity contribution in [2.45, 2.75) is 25.6 Å². The molecular weight excluding hydrogens is 496 g/mol. The summed E-state index contributed by atoms with van der Waals surface area (Å²) in [4.78, 5) is 16.5. The molecule has 3 rings (SSSR count). The van der Waals surface area contributed by atoms with Crippen molar-refractivity contribution in [1.29, 1.82) is 0 Å². The summed E-state index contributed by atoms with van der Waals surface area (Å²) in [5.74, 6) is -2.19. The molecule has 2 aromatic carbocycles. The maximum atomic E-state index is 13.7. The molecule has 0 aliphatic carbocycles. The average Bonchev–Trinajstić information content (AvgIpc) is 2.71. The summed E-state index contributed by atoms with van der Waals surface area (Å²) < 4.78 is 41.0. The minimum atomic E-state index is -4.53. The molecule has 0 aliphatic rings. The predicted octanol–water partition coefficient (Wildman–Crippen LogP) is 7.64. The van der Waals surface area contributed by atoms with Gasteiger partial charge >= 0.3 is 6.18 Å². The first kappa shape index (κ1) is 25.1. The fourth-order valence-electron chi connectivity index (χ4n) is 3.21. The summed E-state index contributed by atoms with van der Waals surface area (Å²) in [7, 11) is 0. The number of aryl methyl sites for hydroxylation is 1. The van der Waals surface area contributed by atoms with Crippen LogP contribution in [0.2, 0.25) is 15.2 Å². The molecule has 33 heavy (non-hydrogen) atoms. The summed E-state index contributed by atoms with van der Waals surface area (Å²) in [5.41, 5.74) is 2.29. The van der Waals surface area contributed by atoms with Crippen LogP contribution in [0.15, 0.2) is 60.8 Å². The number of aromatic nitrogens is 1. The van der Waals surface area contributed by atoms with Crippen molar-refractivity contribution >= 4 is 46.8 Å². The molecular formula is C24H18Cl3F3N2O. The van der Waals surface area contributed by atoms with Crippen LogP contribution in [-0.2, 0) is 6.54 Å². The normalized spacial score (nSPS) is 12.7. The Kier molecular flexibility index (Phi) is 8.05. The van der Waals surface area contributed by atoms with Crippen molar-refractivity contribution in [2.24, 2.45) is 0 Å². The monoisotopic (exact) mass is 512 g/mol. The highest BCUT2D eigenvalue weighted by atomic mass is 35.5. The van der Waals surface area contributed by atoms with Crippen molar-refractivity contribution in [3.8, 4) is 0 Å². The first-order valence-electron chi connectivity index (χ1n) is 9.73. The van der Waals surface area contributed by atoms with Crippen molar-refractivity contribution in [1.82, 2.24) is 10.3 Å². The summed E-state index contributed by atoms with van der Waals surface area (Å²) in [6.07, 6.45) is -0.561. The number of amides is 1. The SMILES string of the molecule is Cc1cc(C=CC(c2cc(Cl)cc(Cl)c2)C(F)(F)F)ccc1C(=O)NCc1ccc(Cl)nc1. The smallest absolute Gasteiger partial charge is 0.348 e. The van der Waals surface area contributed by atoms with Gasteiger partial charge in [-0.25, -0.2) is 4.98 Å². The molecule has 1 aromatic heterocycles. The van der Waals surface area contributed by atoms with E-state index in [4.69, 9.17) is 34.8 Å². The van der Waals surface area contributed by atoms with Crippen molar-refractivity contribution in [3.63, 3.8) is 0 Å². The van der Waals surface area contributed by atoms with Gasteiger partial charge in [-0.3, -0.25) is 4.79 Å². The predicted molar refractivity (Wildman–Crippen MR) is 126 cm³/mol. The maximum absolute atomic E-state index is 13.7. The second-order valence-corrected chi connectivity index (χ2v) is 8.59. The molecule has 1 amide bonds. The lowest BCUT2D eigenvalue weighted by atomic mass is 9.96. The van der Waals surface area contributed by atoms with Gasteiger partial charge in [-0.15, -0.1) is 0 Å². The number of carbonyl (C=O) groups excluding carboxylic acids is 1. The fraction of sp³-hybridized carbons (Fsp3) is 0.167. The van der Waals surface area contributed by atoms with Crippen LogP contribution in [-0.4, -0.2) is 17.1 Å². The first-order chi connectivity index (χ1) is 15.5. The van der Waals surface area contributed by atoms with Gasteiger partial charge in [-0.2, -0.15) is 13.2 Å². The largest absolute Gasteiger partial charge is 0.399 e. The average molecular weight is 514 g/mol. The molecule has 1 heterocycles. The number of nitrogens with one attached hydrogen (secondary N) is 1. The quantitative estimate of drug-likeness (QED) is 0.344. The molecule has 0 saturated heterocycles. The molecule has 0 bridgehead atoms. The molecule has 1 N–H and O–H groups in total. The summed E-state index contributed by atoms with van der Waals surface area (Å²) >= 11 is 17.5. The fourth-order valence-corrected chi connectivity index (χ4v) is 3.86. The number of hydrogen-bond donors (Lipinski definition) is 1. The molecule has 0 fully saturated rings. The Bertz CT molecular complexity index is 1160. The van der Waals surface area contributed by atoms with Crippen LogP contribution in [0.3, 0.4) is 0 Å². The number of carbonyl (C=O) groups is 1. The van der Waals surface area contributed by atoms with Crippen molar-refractivity contribution < 1.29 is 18.0 Å². The Labute approximate surface area is 204 Å². The summed E-state index contributed by atoms with van der Waals surface area (Å²) in [6.45, 7) is 1.98. The Morgan fingerprint density at radius 1 is 1.06 bits per heavy atom. The molecule has 0 aliphatic heterocycles. The van der Waals surface area contributed by atoms with Gasteiger partial charge in [0.05, 0.1) is 5.92 Å². The van der Waals surface area contributed by atoms with Gasteiger partial charge in [0.2, 0.25) is 0 Å². The zero-order chi connectivity index (χ0) is 24.2. The maximum Gasteiger partial charge on any atom is 0.399 e. The van der Waals surface area contributed by atoms with E-state index in [-0.39, 0.29) is 28.1 Å². The lowest BCUT2D eigenvalue weighted by Gasteiger charge is -2.18. The van der Waals surface area contributed by atoms with E-state index in [1.807, 2.05) is 0 Å². The van der Waals surface area contributed by atoms with Gasteiger partial charge in [0.1, 0.15) is 5.15 Å². The standard InChI is InChI=1S/C24H18Cl3F3N2O/c1-14-8-15(2-5-20(14)23(33)32-13-16-4-7-22(27)31-12-16)3-6-21(24(28,29)30)17-9-18(25)11-19(26)10-17/h2-12,21H,13H2,1H3,(H,32,33). The second kappa shape index (κ2) is 10.6. The summed E-state index contributed by atoms with van der Waals surface area (Å²) in [6, 6.07) is 12.0. The molecule has 3 aromatic rings. The Morgan fingerprint density at radius 3 is 2.33 bits per heavy atom. The van der Waals surface area contributed by atoms with Crippen molar-refractivity contribution in [3.05, 3.63) is 104 Å². The van der Waals surface area contributed by atoms with Gasteiger partial charge in [-0.1, -0.05) is 65.2 Å². The number of hydrogen-bond acceptors (Lipinski definition) is 2. The van der Waals surface area contributed by atoms with Crippen LogP contribution in [0.4, 0.5) is 13.2 Å². The van der Waals surface area contributed by atoms with E-state index >= 15 is 0 Å². The van der Waals surface area contributed by atoms with Gasteiger partial charge in [-0.05, 0) is 59.5 Å². The number of benzene rings is 2. The molecule has 172 valence electrons. The Balaban J connectivity index is 1.76. The minimum absolute atomic E-state index is 0.0549. The topological polar surface area (TPSA) is 42.0 Å². The number of rotatable bonds is 6. The number of alkyl halides is 3. The van der Waals surface area contributed by atoms with Gasteiger partial charge in [0.25, 0.3) is 5.91 Å². The highest BCUT2D eigenvalue weighted by Crippen LogP contribution is 2.38. The third-order valence-corrected chi connectivity index (χ3v) is 5.47. The Morgan fingerprint density at radius 2 is 1.76 bits per heavy atom. The third kappa shape index (κ3) is 6.97. The lowest BCUT2D eigenvalue weighted by Crippen LogP contribution is -2.23. The van der Waals surface area contributed by atoms with Gasteiger partial charge < -0.3 is 5.32 Å². The zero-order valence-corrected chi connectivity index (χ0v) is 19.5. The van der Waals surface area contributed by atoms with Gasteiger partial charge in [0, 0.05) is 28.4 Å². The van der Waals surface area contributed by atoms with Gasteiger partial charge in [0.15, 0.2) is 0 Å². The zero-order valence-electron chi connectivity index (χ0n) is 17.3. The van der Waals surface area contributed by atoms with E-state index in [0.717, 1.165) is 11.6 Å². The van der Waals surface area contributed by atoms with Crippen LogP contribution in [0, 0.1) is 6.92 Å². The van der Waals surface area contributed by atoms with E-state index in [0.29, 0.717) is 21.8 Å².